The lowest BCUT2D eigenvalue weighted by molar-refractivity contribution is -0.110. The van der Waals surface area contributed by atoms with Crippen molar-refractivity contribution < 1.29 is 4.79 Å². The Labute approximate surface area is 163 Å². The van der Waals surface area contributed by atoms with Crippen LogP contribution in [0.1, 0.15) is 46.8 Å². The molecule has 2 N–H and O–H groups in total. The minimum absolute atomic E-state index is 0.0838. The van der Waals surface area contributed by atoms with Gasteiger partial charge >= 0.3 is 0 Å². The van der Waals surface area contributed by atoms with Crippen LogP contribution >= 0.6 is 11.6 Å². The fourth-order valence-electron chi connectivity index (χ4n) is 4.26. The lowest BCUT2D eigenvalue weighted by Gasteiger charge is -2.22. The van der Waals surface area contributed by atoms with Crippen molar-refractivity contribution in [3.8, 4) is 0 Å². The van der Waals surface area contributed by atoms with Crippen LogP contribution in [0.4, 0.5) is 5.69 Å². The molecule has 1 unspecified atom stereocenters. The Kier molecular flexibility index (Phi) is 3.91. The van der Waals surface area contributed by atoms with Crippen molar-refractivity contribution in [2.24, 2.45) is 0 Å². The molecule has 0 radical (unpaired) electrons. The van der Waals surface area contributed by atoms with Gasteiger partial charge < -0.3 is 10.3 Å². The number of nitrogens with one attached hydrogen (secondary N) is 2. The summed E-state index contributed by atoms with van der Waals surface area (Å²) in [4.78, 5) is 16.0. The van der Waals surface area contributed by atoms with Gasteiger partial charge in [-0.2, -0.15) is 0 Å². The van der Waals surface area contributed by atoms with E-state index in [1.165, 1.54) is 23.2 Å². The summed E-state index contributed by atoms with van der Waals surface area (Å²) in [5, 5.41) is 3.54. The molecule has 3 nitrogen and oxygen atoms in total. The number of H-pyrrole nitrogens is 1. The number of carbonyl (C=O) groups excluding carboxylic acids is 1. The SMILES string of the molecule is O=C1Nc2ccc(Cl)cc2C1=Cc1cc2c([nH]1)CCCC2c1ccccc1. The average Bonchev–Trinajstić information content (AvgIpc) is 3.23. The van der Waals surface area contributed by atoms with Crippen molar-refractivity contribution in [1.29, 1.82) is 0 Å². The average molecular weight is 375 g/mol. The molecule has 1 atom stereocenters. The van der Waals surface area contributed by atoms with Crippen molar-refractivity contribution in [3.63, 3.8) is 0 Å². The Morgan fingerprint density at radius 3 is 2.78 bits per heavy atom. The number of amides is 1. The number of aromatic nitrogens is 1. The Hall–Kier alpha value is -2.78. The molecule has 4 heteroatoms. The Morgan fingerprint density at radius 2 is 1.93 bits per heavy atom. The van der Waals surface area contributed by atoms with Crippen molar-refractivity contribution in [3.05, 3.63) is 87.7 Å². The first-order valence-electron chi connectivity index (χ1n) is 9.29. The highest BCUT2D eigenvalue weighted by Crippen LogP contribution is 2.39. The van der Waals surface area contributed by atoms with Crippen LogP contribution in [0.25, 0.3) is 11.6 Å². The summed E-state index contributed by atoms with van der Waals surface area (Å²) in [5.41, 5.74) is 7.29. The first-order valence-corrected chi connectivity index (χ1v) is 9.66. The van der Waals surface area contributed by atoms with Gasteiger partial charge in [0.1, 0.15) is 0 Å². The second-order valence-corrected chi connectivity index (χ2v) is 7.65. The number of aryl methyl sites for hydroxylation is 1. The van der Waals surface area contributed by atoms with E-state index in [1.54, 1.807) is 6.07 Å². The molecular weight excluding hydrogens is 356 g/mol. The van der Waals surface area contributed by atoms with Gasteiger partial charge in [-0.25, -0.2) is 0 Å². The lowest BCUT2D eigenvalue weighted by atomic mass is 9.82. The van der Waals surface area contributed by atoms with Crippen LogP contribution < -0.4 is 5.32 Å². The number of halogens is 1. The van der Waals surface area contributed by atoms with Gasteiger partial charge in [0.25, 0.3) is 5.91 Å². The minimum Gasteiger partial charge on any atom is -0.359 e. The molecule has 3 aromatic rings. The number of carbonyl (C=O) groups is 1. The smallest absolute Gasteiger partial charge is 0.256 e. The largest absolute Gasteiger partial charge is 0.359 e. The predicted octanol–water partition coefficient (Wildman–Crippen LogP) is 5.63. The van der Waals surface area contributed by atoms with Gasteiger partial charge in [-0.05, 0) is 60.7 Å². The van der Waals surface area contributed by atoms with E-state index in [0.717, 1.165) is 29.8 Å². The van der Waals surface area contributed by atoms with Crippen LogP contribution in [0.3, 0.4) is 0 Å². The van der Waals surface area contributed by atoms with E-state index in [-0.39, 0.29) is 5.91 Å². The van der Waals surface area contributed by atoms with Crippen molar-refractivity contribution in [2.75, 3.05) is 5.32 Å². The van der Waals surface area contributed by atoms with Gasteiger partial charge in [0.05, 0.1) is 5.57 Å². The molecule has 0 fully saturated rings. The van der Waals surface area contributed by atoms with Crippen LogP contribution in [0.5, 0.6) is 0 Å². The number of rotatable bonds is 2. The second-order valence-electron chi connectivity index (χ2n) is 7.22. The maximum Gasteiger partial charge on any atom is 0.256 e. The Balaban J connectivity index is 1.55. The number of fused-ring (bicyclic) bond motifs is 2. The summed E-state index contributed by atoms with van der Waals surface area (Å²) in [6.45, 7) is 0. The van der Waals surface area contributed by atoms with E-state index in [0.29, 0.717) is 16.5 Å². The molecule has 0 saturated heterocycles. The summed E-state index contributed by atoms with van der Waals surface area (Å²) >= 11 is 6.13. The summed E-state index contributed by atoms with van der Waals surface area (Å²) in [5.74, 6) is 0.330. The fourth-order valence-corrected chi connectivity index (χ4v) is 4.43. The highest BCUT2D eigenvalue weighted by Gasteiger charge is 2.26. The molecule has 134 valence electrons. The van der Waals surface area contributed by atoms with Crippen molar-refractivity contribution >= 4 is 34.8 Å². The summed E-state index contributed by atoms with van der Waals surface area (Å²) in [6, 6.07) is 18.3. The van der Waals surface area contributed by atoms with E-state index in [2.05, 4.69) is 46.7 Å². The minimum atomic E-state index is -0.0838. The van der Waals surface area contributed by atoms with Crippen LogP contribution in [-0.4, -0.2) is 10.9 Å². The molecule has 2 aromatic carbocycles. The van der Waals surface area contributed by atoms with Crippen molar-refractivity contribution in [1.82, 2.24) is 4.98 Å². The van der Waals surface area contributed by atoms with Gasteiger partial charge in [0, 0.05) is 33.6 Å². The Morgan fingerprint density at radius 1 is 1.07 bits per heavy atom. The number of anilines is 1. The molecule has 1 amide bonds. The molecule has 27 heavy (non-hydrogen) atoms. The van der Waals surface area contributed by atoms with E-state index in [9.17, 15) is 4.79 Å². The highest BCUT2D eigenvalue weighted by molar-refractivity contribution is 6.36. The topological polar surface area (TPSA) is 44.9 Å². The third kappa shape index (κ3) is 2.88. The standard InChI is InChI=1S/C23H19ClN2O/c24-15-9-10-22-18(11-15)20(23(27)26-22)13-16-12-19-17(7-4-8-21(19)25-16)14-5-2-1-3-6-14/h1-3,5-6,9-13,17,25H,4,7-8H2,(H,26,27). The van der Waals surface area contributed by atoms with E-state index >= 15 is 0 Å². The zero-order valence-electron chi connectivity index (χ0n) is 14.8. The molecule has 0 spiro atoms. The normalized spacial score (nSPS) is 19.7. The second kappa shape index (κ2) is 6.43. The Bertz CT molecular complexity index is 1070. The molecule has 5 rings (SSSR count). The number of aromatic amines is 1. The quantitative estimate of drug-likeness (QED) is 0.561. The zero-order chi connectivity index (χ0) is 18.4. The molecule has 1 aliphatic carbocycles. The first kappa shape index (κ1) is 16.4. The predicted molar refractivity (Wildman–Crippen MR) is 110 cm³/mol. The van der Waals surface area contributed by atoms with Gasteiger partial charge in [0.2, 0.25) is 0 Å². The van der Waals surface area contributed by atoms with Gasteiger partial charge in [-0.3, -0.25) is 4.79 Å². The molecule has 1 aromatic heterocycles. The third-order valence-electron chi connectivity index (χ3n) is 5.52. The van der Waals surface area contributed by atoms with Crippen LogP contribution in [0.2, 0.25) is 5.02 Å². The maximum atomic E-state index is 12.4. The molecule has 2 aliphatic rings. The van der Waals surface area contributed by atoms with Crippen LogP contribution in [-0.2, 0) is 11.2 Å². The maximum absolute atomic E-state index is 12.4. The highest BCUT2D eigenvalue weighted by atomic mass is 35.5. The summed E-state index contributed by atoms with van der Waals surface area (Å²) < 4.78 is 0. The molecule has 2 heterocycles. The van der Waals surface area contributed by atoms with Gasteiger partial charge in [0.15, 0.2) is 0 Å². The van der Waals surface area contributed by atoms with Gasteiger partial charge in [-0.1, -0.05) is 41.9 Å². The van der Waals surface area contributed by atoms with E-state index in [4.69, 9.17) is 11.6 Å². The lowest BCUT2D eigenvalue weighted by Crippen LogP contribution is -2.09. The first-order chi connectivity index (χ1) is 13.2. The number of hydrogen-bond donors (Lipinski definition) is 2. The van der Waals surface area contributed by atoms with E-state index < -0.39 is 0 Å². The summed E-state index contributed by atoms with van der Waals surface area (Å²) in [7, 11) is 0. The van der Waals surface area contributed by atoms with Gasteiger partial charge in [-0.15, -0.1) is 0 Å². The van der Waals surface area contributed by atoms with Crippen LogP contribution in [0, 0.1) is 0 Å². The van der Waals surface area contributed by atoms with E-state index in [1.807, 2.05) is 18.2 Å². The van der Waals surface area contributed by atoms with Crippen LogP contribution in [0.15, 0.2) is 54.6 Å². The number of benzene rings is 2. The van der Waals surface area contributed by atoms with Crippen molar-refractivity contribution in [2.45, 2.75) is 25.2 Å². The molecule has 0 bridgehead atoms. The monoisotopic (exact) mass is 374 g/mol. The zero-order valence-corrected chi connectivity index (χ0v) is 15.5. The molecule has 1 aliphatic heterocycles. The third-order valence-corrected chi connectivity index (χ3v) is 5.75. The molecule has 0 saturated carbocycles. The number of hydrogen-bond acceptors (Lipinski definition) is 1. The fraction of sp³-hybridized carbons (Fsp3) is 0.174. The molecular formula is C23H19ClN2O. The summed E-state index contributed by atoms with van der Waals surface area (Å²) in [6.07, 6.45) is 5.32.